The van der Waals surface area contributed by atoms with Crippen LogP contribution >= 0.6 is 31.9 Å². The second-order valence-corrected chi connectivity index (χ2v) is 7.38. The maximum atomic E-state index is 12.2. The summed E-state index contributed by atoms with van der Waals surface area (Å²) in [5, 5.41) is 0. The van der Waals surface area contributed by atoms with Crippen molar-refractivity contribution in [2.75, 3.05) is 0 Å². The van der Waals surface area contributed by atoms with Gasteiger partial charge in [0.1, 0.15) is 3.39 Å². The van der Waals surface area contributed by atoms with Crippen molar-refractivity contribution in [1.82, 2.24) is 0 Å². The van der Waals surface area contributed by atoms with Gasteiger partial charge in [0.15, 0.2) is 0 Å². The predicted molar refractivity (Wildman–Crippen MR) is 74.3 cm³/mol. The van der Waals surface area contributed by atoms with E-state index >= 15 is 0 Å². The molecule has 1 aromatic rings. The highest BCUT2D eigenvalue weighted by molar-refractivity contribution is 9.28. The summed E-state index contributed by atoms with van der Waals surface area (Å²) in [4.78, 5) is 0. The summed E-state index contributed by atoms with van der Waals surface area (Å²) in [6.45, 7) is 0. The van der Waals surface area contributed by atoms with Crippen LogP contribution in [-0.2, 0) is 14.3 Å². The zero-order valence-electron chi connectivity index (χ0n) is 9.41. The summed E-state index contributed by atoms with van der Waals surface area (Å²) in [6.07, 6.45) is 0. The van der Waals surface area contributed by atoms with Gasteiger partial charge in [-0.3, -0.25) is 0 Å². The molecule has 1 aromatic carbocycles. The molecule has 0 aromatic heterocycles. The Balaban J connectivity index is 3.07. The molecule has 0 amide bonds. The van der Waals surface area contributed by atoms with E-state index in [4.69, 9.17) is 0 Å². The van der Waals surface area contributed by atoms with Crippen LogP contribution in [0.4, 0.5) is 13.2 Å². The highest BCUT2D eigenvalue weighted by Gasteiger charge is 2.49. The minimum atomic E-state index is -5.77. The summed E-state index contributed by atoms with van der Waals surface area (Å²) in [6, 6.07) is 8.27. The van der Waals surface area contributed by atoms with E-state index < -0.39 is 21.4 Å². The van der Waals surface area contributed by atoms with Gasteiger partial charge in [0.2, 0.25) is 5.76 Å². The summed E-state index contributed by atoms with van der Waals surface area (Å²) >= 11 is 5.54. The Labute approximate surface area is 130 Å². The van der Waals surface area contributed by atoms with Crippen molar-refractivity contribution >= 4 is 42.0 Å². The van der Waals surface area contributed by atoms with Gasteiger partial charge in [0.05, 0.1) is 0 Å². The van der Waals surface area contributed by atoms with Crippen molar-refractivity contribution in [1.29, 1.82) is 0 Å². The molecule has 3 nitrogen and oxygen atoms in total. The average Bonchev–Trinajstić information content (AvgIpc) is 2.34. The molecule has 0 bridgehead atoms. The summed E-state index contributed by atoms with van der Waals surface area (Å²) in [5.74, 6) is 3.97. The first-order valence-corrected chi connectivity index (χ1v) is 7.76. The molecule has 0 heterocycles. The average molecular weight is 434 g/mol. The lowest BCUT2D eigenvalue weighted by Gasteiger charge is -2.08. The zero-order valence-corrected chi connectivity index (χ0v) is 13.4. The molecule has 108 valence electrons. The van der Waals surface area contributed by atoms with Crippen LogP contribution in [0.15, 0.2) is 39.5 Å². The second-order valence-electron chi connectivity index (χ2n) is 3.19. The van der Waals surface area contributed by atoms with Crippen LogP contribution in [0.25, 0.3) is 0 Å². The lowest BCUT2D eigenvalue weighted by molar-refractivity contribution is -0.0519. The van der Waals surface area contributed by atoms with E-state index in [-0.39, 0.29) is 3.39 Å². The molecule has 0 saturated heterocycles. The minimum absolute atomic E-state index is 0.152. The van der Waals surface area contributed by atoms with E-state index in [0.29, 0.717) is 5.56 Å². The Morgan fingerprint density at radius 3 is 2.15 bits per heavy atom. The normalized spacial score (nSPS) is 11.2. The van der Waals surface area contributed by atoms with Crippen LogP contribution < -0.4 is 0 Å². The fourth-order valence-corrected chi connectivity index (χ4v) is 1.92. The summed E-state index contributed by atoms with van der Waals surface area (Å²) in [5.41, 5.74) is -5.04. The van der Waals surface area contributed by atoms with Gasteiger partial charge in [-0.25, -0.2) is 0 Å². The standard InChI is InChI=1S/C11H5Br2F3O3S/c12-10(13)9(19-20(17,18)11(14,15)16)7-6-8-4-2-1-3-5-8/h1-5H. The molecule has 0 saturated carbocycles. The molecular weight excluding hydrogens is 429 g/mol. The van der Waals surface area contributed by atoms with Gasteiger partial charge in [0, 0.05) is 5.56 Å². The van der Waals surface area contributed by atoms with Crippen LogP contribution in [0.1, 0.15) is 5.56 Å². The molecule has 0 atom stereocenters. The topological polar surface area (TPSA) is 43.4 Å². The molecule has 0 fully saturated rings. The molecule has 20 heavy (non-hydrogen) atoms. The van der Waals surface area contributed by atoms with Crippen molar-refractivity contribution in [3.8, 4) is 11.8 Å². The van der Waals surface area contributed by atoms with Gasteiger partial charge in [-0.1, -0.05) is 24.1 Å². The van der Waals surface area contributed by atoms with Crippen LogP contribution in [0.3, 0.4) is 0 Å². The maximum absolute atomic E-state index is 12.2. The van der Waals surface area contributed by atoms with Gasteiger partial charge in [-0.05, 0) is 49.9 Å². The number of benzene rings is 1. The zero-order chi connectivity index (χ0) is 15.4. The lowest BCUT2D eigenvalue weighted by Crippen LogP contribution is -2.25. The van der Waals surface area contributed by atoms with Crippen molar-refractivity contribution in [3.05, 3.63) is 45.0 Å². The van der Waals surface area contributed by atoms with Gasteiger partial charge in [-0.15, -0.1) is 0 Å². The highest BCUT2D eigenvalue weighted by atomic mass is 79.9. The SMILES string of the molecule is O=S(=O)(OC(C#Cc1ccccc1)=C(Br)Br)C(F)(F)F. The van der Waals surface area contributed by atoms with Crippen molar-refractivity contribution < 1.29 is 25.8 Å². The number of halogens is 5. The van der Waals surface area contributed by atoms with Crippen LogP contribution in [0.5, 0.6) is 0 Å². The largest absolute Gasteiger partial charge is 0.534 e. The van der Waals surface area contributed by atoms with Crippen molar-refractivity contribution in [2.45, 2.75) is 5.51 Å². The quantitative estimate of drug-likeness (QED) is 0.308. The van der Waals surface area contributed by atoms with Crippen LogP contribution in [-0.4, -0.2) is 13.9 Å². The number of hydrogen-bond acceptors (Lipinski definition) is 3. The number of hydrogen-bond donors (Lipinski definition) is 0. The van der Waals surface area contributed by atoms with Crippen molar-refractivity contribution in [3.63, 3.8) is 0 Å². The Bertz CT molecular complexity index is 666. The Hall–Kier alpha value is -0.980. The number of rotatable bonds is 2. The van der Waals surface area contributed by atoms with Crippen LogP contribution in [0.2, 0.25) is 0 Å². The summed E-state index contributed by atoms with van der Waals surface area (Å²) < 4.78 is 62.2. The van der Waals surface area contributed by atoms with Crippen molar-refractivity contribution in [2.24, 2.45) is 0 Å². The van der Waals surface area contributed by atoms with Gasteiger partial charge in [0.25, 0.3) is 0 Å². The monoisotopic (exact) mass is 432 g/mol. The molecular formula is C11H5Br2F3O3S. The molecule has 0 radical (unpaired) electrons. The van der Waals surface area contributed by atoms with E-state index in [0.717, 1.165) is 0 Å². The molecule has 0 unspecified atom stereocenters. The minimum Gasteiger partial charge on any atom is -0.365 e. The summed E-state index contributed by atoms with van der Waals surface area (Å²) in [7, 11) is -5.77. The molecule has 0 aliphatic carbocycles. The first kappa shape index (κ1) is 17.1. The van der Waals surface area contributed by atoms with E-state index in [9.17, 15) is 21.6 Å². The van der Waals surface area contributed by atoms with E-state index in [1.165, 1.54) is 0 Å². The molecule has 0 N–H and O–H groups in total. The Kier molecular flexibility index (Phi) is 5.68. The van der Waals surface area contributed by atoms with Gasteiger partial charge >= 0.3 is 15.6 Å². The Morgan fingerprint density at radius 1 is 1.15 bits per heavy atom. The molecule has 1 rings (SSSR count). The first-order chi connectivity index (χ1) is 9.13. The lowest BCUT2D eigenvalue weighted by atomic mass is 10.2. The molecule has 0 spiro atoms. The third kappa shape index (κ3) is 4.85. The molecule has 0 aliphatic rings. The second kappa shape index (κ2) is 6.65. The molecule has 9 heteroatoms. The third-order valence-electron chi connectivity index (χ3n) is 1.74. The number of alkyl halides is 3. The first-order valence-electron chi connectivity index (χ1n) is 4.76. The highest BCUT2D eigenvalue weighted by Crippen LogP contribution is 2.29. The number of allylic oxidation sites excluding steroid dienone is 1. The fraction of sp³-hybridized carbons (Fsp3) is 0.0909. The molecule has 0 aliphatic heterocycles. The third-order valence-corrected chi connectivity index (χ3v) is 3.42. The van der Waals surface area contributed by atoms with Gasteiger partial charge in [-0.2, -0.15) is 21.6 Å². The van der Waals surface area contributed by atoms with Crippen LogP contribution in [0, 0.1) is 11.8 Å². The van der Waals surface area contributed by atoms with E-state index in [2.05, 4.69) is 47.9 Å². The fourth-order valence-electron chi connectivity index (χ4n) is 0.907. The van der Waals surface area contributed by atoms with Gasteiger partial charge < -0.3 is 4.18 Å². The Morgan fingerprint density at radius 2 is 1.70 bits per heavy atom. The van der Waals surface area contributed by atoms with E-state index in [1.807, 2.05) is 0 Å². The smallest absolute Gasteiger partial charge is 0.365 e. The predicted octanol–water partition coefficient (Wildman–Crippen LogP) is 3.86. The maximum Gasteiger partial charge on any atom is 0.534 e. The van der Waals surface area contributed by atoms with E-state index in [1.54, 1.807) is 30.3 Å².